The number of hydrogen-bond acceptors (Lipinski definition) is 5. The molecule has 26 heavy (non-hydrogen) atoms. The van der Waals surface area contributed by atoms with Crippen LogP contribution in [0.4, 0.5) is 11.4 Å². The zero-order valence-electron chi connectivity index (χ0n) is 15.0. The van der Waals surface area contributed by atoms with E-state index in [0.29, 0.717) is 19.6 Å². The van der Waals surface area contributed by atoms with Crippen LogP contribution in [-0.2, 0) is 9.53 Å². The summed E-state index contributed by atoms with van der Waals surface area (Å²) in [5, 5.41) is 0. The van der Waals surface area contributed by atoms with Gasteiger partial charge in [0, 0.05) is 30.8 Å². The molecule has 1 saturated heterocycles. The lowest BCUT2D eigenvalue weighted by Gasteiger charge is -2.43. The first kappa shape index (κ1) is 16.8. The Kier molecular flexibility index (Phi) is 4.71. The number of hydrogen-bond donors (Lipinski definition) is 0. The fourth-order valence-corrected chi connectivity index (χ4v) is 3.66. The number of para-hydroxylation sites is 2. The Morgan fingerprint density at radius 2 is 1.77 bits per heavy atom. The maximum absolute atomic E-state index is 12.1. The van der Waals surface area contributed by atoms with Gasteiger partial charge in [-0.25, -0.2) is 4.99 Å². The monoisotopic (exact) mass is 349 g/mol. The first-order valence-electron chi connectivity index (χ1n) is 9.08. The third-order valence-corrected chi connectivity index (χ3v) is 4.85. The van der Waals surface area contributed by atoms with E-state index in [1.54, 1.807) is 6.92 Å². The molecule has 0 N–H and O–H groups in total. The number of nitrogens with zero attached hydrogens (tertiary/aromatic N) is 3. The average molecular weight is 349 g/mol. The van der Waals surface area contributed by atoms with E-state index < -0.39 is 0 Å². The molecule has 0 spiro atoms. The Morgan fingerprint density at radius 1 is 1.08 bits per heavy atom. The fraction of sp³-hybridized carbons (Fsp3) is 0.333. The normalized spacial score (nSPS) is 19.7. The van der Waals surface area contributed by atoms with Crippen LogP contribution in [0.3, 0.4) is 0 Å². The Bertz CT molecular complexity index is 813. The summed E-state index contributed by atoms with van der Waals surface area (Å²) in [7, 11) is 0. The molecule has 4 rings (SSSR count). The van der Waals surface area contributed by atoms with Crippen LogP contribution in [0.25, 0.3) is 0 Å². The fourth-order valence-electron chi connectivity index (χ4n) is 3.66. The standard InChI is InChI=1S/C21H23N3O2/c1-16(25)15-20-18-9-5-6-10-19(18)22-21(23-11-13-26-14-12-23)24(20)17-7-3-2-4-8-17/h2-10,20H,11-15H2,1H3. The molecule has 0 radical (unpaired) electrons. The number of fused-ring (bicyclic) bond motifs is 1. The lowest BCUT2D eigenvalue weighted by atomic mass is 9.96. The predicted molar refractivity (Wildman–Crippen MR) is 103 cm³/mol. The quantitative estimate of drug-likeness (QED) is 0.850. The number of benzene rings is 2. The summed E-state index contributed by atoms with van der Waals surface area (Å²) in [5.74, 6) is 1.08. The molecule has 5 nitrogen and oxygen atoms in total. The lowest BCUT2D eigenvalue weighted by Crippen LogP contribution is -2.51. The molecule has 1 fully saturated rings. The Morgan fingerprint density at radius 3 is 2.50 bits per heavy atom. The van der Waals surface area contributed by atoms with Crippen molar-refractivity contribution in [3.8, 4) is 0 Å². The van der Waals surface area contributed by atoms with Crippen molar-refractivity contribution in [2.75, 3.05) is 31.2 Å². The highest BCUT2D eigenvalue weighted by Gasteiger charge is 2.34. The minimum absolute atomic E-state index is 0.0542. The van der Waals surface area contributed by atoms with Gasteiger partial charge < -0.3 is 14.5 Å². The zero-order valence-corrected chi connectivity index (χ0v) is 15.0. The van der Waals surface area contributed by atoms with Crippen molar-refractivity contribution in [2.45, 2.75) is 19.4 Å². The van der Waals surface area contributed by atoms with Crippen molar-refractivity contribution in [3.63, 3.8) is 0 Å². The molecule has 5 heteroatoms. The predicted octanol–water partition coefficient (Wildman–Crippen LogP) is 3.55. The topological polar surface area (TPSA) is 45.1 Å². The highest BCUT2D eigenvalue weighted by Crippen LogP contribution is 2.40. The van der Waals surface area contributed by atoms with Crippen LogP contribution in [0.5, 0.6) is 0 Å². The number of Topliss-reactive ketones (excluding diaryl/α,β-unsaturated/α-hetero) is 1. The van der Waals surface area contributed by atoms with Gasteiger partial charge in [0.2, 0.25) is 5.96 Å². The highest BCUT2D eigenvalue weighted by molar-refractivity contribution is 6.01. The SMILES string of the molecule is CC(=O)CC1c2ccccc2N=C(N2CCOCC2)N1c1ccccc1. The van der Waals surface area contributed by atoms with Gasteiger partial charge in [0.05, 0.1) is 24.9 Å². The Labute approximate surface area is 153 Å². The van der Waals surface area contributed by atoms with Crippen LogP contribution in [-0.4, -0.2) is 42.9 Å². The number of carbonyl (C=O) groups excluding carboxylic acids is 1. The molecule has 2 aromatic carbocycles. The molecule has 2 heterocycles. The van der Waals surface area contributed by atoms with Crippen LogP contribution >= 0.6 is 0 Å². The molecule has 2 aromatic rings. The van der Waals surface area contributed by atoms with Crippen LogP contribution in [0.2, 0.25) is 0 Å². The van der Waals surface area contributed by atoms with Gasteiger partial charge in [-0.2, -0.15) is 0 Å². The van der Waals surface area contributed by atoms with Gasteiger partial charge in [-0.15, -0.1) is 0 Å². The molecule has 0 saturated carbocycles. The maximum Gasteiger partial charge on any atom is 0.207 e. The van der Waals surface area contributed by atoms with Crippen LogP contribution in [0.1, 0.15) is 24.9 Å². The average Bonchev–Trinajstić information content (AvgIpc) is 2.68. The van der Waals surface area contributed by atoms with E-state index in [4.69, 9.17) is 9.73 Å². The summed E-state index contributed by atoms with van der Waals surface area (Å²) in [6, 6.07) is 18.3. The summed E-state index contributed by atoms with van der Waals surface area (Å²) in [6.07, 6.45) is 0.454. The molecular formula is C21H23N3O2. The lowest BCUT2D eigenvalue weighted by molar-refractivity contribution is -0.117. The van der Waals surface area contributed by atoms with Crippen molar-refractivity contribution >= 4 is 23.1 Å². The van der Waals surface area contributed by atoms with Gasteiger partial charge in [-0.3, -0.25) is 4.79 Å². The molecule has 2 aliphatic rings. The minimum Gasteiger partial charge on any atom is -0.378 e. The molecular weight excluding hydrogens is 326 g/mol. The Hall–Kier alpha value is -2.66. The number of carbonyl (C=O) groups is 1. The van der Waals surface area contributed by atoms with Gasteiger partial charge in [0.1, 0.15) is 5.78 Å². The minimum atomic E-state index is -0.0542. The Balaban J connectivity index is 1.85. The number of ketones is 1. The second-order valence-corrected chi connectivity index (χ2v) is 6.70. The zero-order chi connectivity index (χ0) is 17.9. The smallest absolute Gasteiger partial charge is 0.207 e. The molecule has 1 unspecified atom stereocenters. The van der Waals surface area contributed by atoms with E-state index in [2.05, 4.69) is 28.0 Å². The van der Waals surface area contributed by atoms with Gasteiger partial charge in [0.15, 0.2) is 0 Å². The van der Waals surface area contributed by atoms with Crippen molar-refractivity contribution in [1.29, 1.82) is 0 Å². The van der Waals surface area contributed by atoms with E-state index in [1.165, 1.54) is 0 Å². The first-order chi connectivity index (χ1) is 12.7. The highest BCUT2D eigenvalue weighted by atomic mass is 16.5. The maximum atomic E-state index is 12.1. The van der Waals surface area contributed by atoms with E-state index in [-0.39, 0.29) is 11.8 Å². The number of ether oxygens (including phenoxy) is 1. The van der Waals surface area contributed by atoms with Crippen LogP contribution < -0.4 is 4.90 Å². The van der Waals surface area contributed by atoms with Crippen molar-refractivity contribution in [1.82, 2.24) is 4.90 Å². The van der Waals surface area contributed by atoms with Crippen molar-refractivity contribution < 1.29 is 9.53 Å². The van der Waals surface area contributed by atoms with Crippen LogP contribution in [0, 0.1) is 0 Å². The molecule has 0 aliphatic carbocycles. The number of guanidine groups is 1. The van der Waals surface area contributed by atoms with E-state index in [9.17, 15) is 4.79 Å². The molecule has 0 amide bonds. The summed E-state index contributed by atoms with van der Waals surface area (Å²) in [5.41, 5.74) is 3.11. The number of morpholine rings is 1. The van der Waals surface area contributed by atoms with E-state index in [1.807, 2.05) is 36.4 Å². The molecule has 1 atom stereocenters. The molecule has 0 bridgehead atoms. The third kappa shape index (κ3) is 3.22. The van der Waals surface area contributed by atoms with E-state index >= 15 is 0 Å². The second kappa shape index (κ2) is 7.30. The number of anilines is 1. The van der Waals surface area contributed by atoms with Crippen LogP contribution in [0.15, 0.2) is 59.6 Å². The van der Waals surface area contributed by atoms with Gasteiger partial charge >= 0.3 is 0 Å². The largest absolute Gasteiger partial charge is 0.378 e. The number of aliphatic imine (C=N–C) groups is 1. The van der Waals surface area contributed by atoms with Gasteiger partial charge in [-0.1, -0.05) is 36.4 Å². The first-order valence-corrected chi connectivity index (χ1v) is 9.08. The molecule has 2 aliphatic heterocycles. The summed E-state index contributed by atoms with van der Waals surface area (Å²) >= 11 is 0. The second-order valence-electron chi connectivity index (χ2n) is 6.70. The van der Waals surface area contributed by atoms with E-state index in [0.717, 1.165) is 36.0 Å². The summed E-state index contributed by atoms with van der Waals surface area (Å²) < 4.78 is 5.52. The third-order valence-electron chi connectivity index (χ3n) is 4.85. The molecule has 134 valence electrons. The summed E-state index contributed by atoms with van der Waals surface area (Å²) in [6.45, 7) is 4.65. The van der Waals surface area contributed by atoms with Crippen molar-refractivity contribution in [3.05, 3.63) is 60.2 Å². The van der Waals surface area contributed by atoms with Gasteiger partial charge in [-0.05, 0) is 25.1 Å². The molecule has 0 aromatic heterocycles. The summed E-state index contributed by atoms with van der Waals surface area (Å²) in [4.78, 5) is 21.5. The number of rotatable bonds is 3. The van der Waals surface area contributed by atoms with Crippen molar-refractivity contribution in [2.24, 2.45) is 4.99 Å². The van der Waals surface area contributed by atoms with Gasteiger partial charge in [0.25, 0.3) is 0 Å².